The number of aryl methyl sites for hydroxylation is 2. The second-order valence-corrected chi connectivity index (χ2v) is 6.94. The Morgan fingerprint density at radius 1 is 1.19 bits per heavy atom. The van der Waals surface area contributed by atoms with Crippen molar-refractivity contribution in [2.45, 2.75) is 26.6 Å². The maximum atomic E-state index is 12.9. The van der Waals surface area contributed by atoms with E-state index in [2.05, 4.69) is 11.1 Å². The van der Waals surface area contributed by atoms with Crippen molar-refractivity contribution in [2.75, 3.05) is 13.1 Å². The summed E-state index contributed by atoms with van der Waals surface area (Å²) >= 11 is 0. The Balaban J connectivity index is 1.37. The molecule has 0 aliphatic carbocycles. The van der Waals surface area contributed by atoms with E-state index in [-0.39, 0.29) is 17.8 Å². The number of hydrogen-bond donors (Lipinski definition) is 1. The molecule has 0 radical (unpaired) electrons. The molecule has 134 valence electrons. The van der Waals surface area contributed by atoms with Gasteiger partial charge >= 0.3 is 0 Å². The van der Waals surface area contributed by atoms with E-state index in [4.69, 9.17) is 4.74 Å². The molecule has 0 atom stereocenters. The lowest BCUT2D eigenvalue weighted by atomic mass is 10.1. The second kappa shape index (κ2) is 6.57. The van der Waals surface area contributed by atoms with Crippen molar-refractivity contribution in [1.29, 1.82) is 0 Å². The first-order valence-electron chi connectivity index (χ1n) is 8.75. The van der Waals surface area contributed by atoms with Crippen molar-refractivity contribution >= 4 is 16.8 Å². The number of nitrogens with one attached hydrogen (secondary N) is 1. The highest BCUT2D eigenvalue weighted by molar-refractivity contribution is 6.01. The molecule has 5 heteroatoms. The number of nitrogens with zero attached hydrogens (tertiary/aromatic N) is 1. The molecule has 0 saturated carbocycles. The molecule has 0 unspecified atom stereocenters. The minimum Gasteiger partial charge on any atom is -0.370 e. The monoisotopic (exact) mass is 352 g/mol. The lowest BCUT2D eigenvalue weighted by molar-refractivity contribution is -0.0505. The number of fused-ring (bicyclic) bond motifs is 1. The molecule has 1 amide bonds. The molecule has 1 fully saturated rings. The summed E-state index contributed by atoms with van der Waals surface area (Å²) in [4.78, 5) is 17.8. The van der Waals surface area contributed by atoms with Crippen LogP contribution in [0.1, 0.15) is 27.2 Å². The van der Waals surface area contributed by atoms with Gasteiger partial charge in [-0.05, 0) is 49.2 Å². The third kappa shape index (κ3) is 3.10. The van der Waals surface area contributed by atoms with Gasteiger partial charge in [0, 0.05) is 24.0 Å². The summed E-state index contributed by atoms with van der Waals surface area (Å²) in [5.74, 6) is -0.240. The Hall–Kier alpha value is -2.66. The Morgan fingerprint density at radius 2 is 1.92 bits per heavy atom. The van der Waals surface area contributed by atoms with Gasteiger partial charge < -0.3 is 14.6 Å². The molecule has 1 aliphatic rings. The highest BCUT2D eigenvalue weighted by atomic mass is 19.1. The first-order valence-corrected chi connectivity index (χ1v) is 8.75. The number of likely N-dealkylation sites (tertiary alicyclic amines) is 1. The molecule has 1 aliphatic heterocycles. The molecule has 1 N–H and O–H groups in total. The molecular formula is C21H21FN2O2. The Morgan fingerprint density at radius 3 is 2.65 bits per heavy atom. The normalized spacial score (nSPS) is 14.7. The van der Waals surface area contributed by atoms with Crippen LogP contribution < -0.4 is 0 Å². The van der Waals surface area contributed by atoms with Gasteiger partial charge in [0.15, 0.2) is 0 Å². The van der Waals surface area contributed by atoms with Crippen molar-refractivity contribution in [1.82, 2.24) is 9.88 Å². The molecule has 1 aromatic heterocycles. The number of H-pyrrole nitrogens is 1. The molecule has 0 bridgehead atoms. The zero-order valence-corrected chi connectivity index (χ0v) is 14.9. The molecule has 4 rings (SSSR count). The van der Waals surface area contributed by atoms with E-state index in [1.54, 1.807) is 17.0 Å². The number of aromatic nitrogens is 1. The second-order valence-electron chi connectivity index (χ2n) is 6.94. The maximum absolute atomic E-state index is 12.9. The number of amides is 1. The number of carbonyl (C=O) groups excluding carboxylic acids is 1. The number of rotatable bonds is 4. The molecule has 2 heterocycles. The van der Waals surface area contributed by atoms with E-state index in [0.29, 0.717) is 25.4 Å². The van der Waals surface area contributed by atoms with E-state index in [1.807, 2.05) is 26.0 Å². The summed E-state index contributed by atoms with van der Waals surface area (Å²) in [6.07, 6.45) is 0.0240. The van der Waals surface area contributed by atoms with Gasteiger partial charge in [-0.3, -0.25) is 4.79 Å². The summed E-state index contributed by atoms with van der Waals surface area (Å²) < 4.78 is 18.7. The van der Waals surface area contributed by atoms with E-state index >= 15 is 0 Å². The first-order chi connectivity index (χ1) is 12.5. The number of carbonyl (C=O) groups is 1. The zero-order valence-electron chi connectivity index (χ0n) is 14.9. The number of hydrogen-bond acceptors (Lipinski definition) is 2. The SMILES string of the molecule is Cc1ccc2[nH]c(C(=O)N3CC(OCc4ccc(F)cc4)C3)c(C)c2c1. The summed E-state index contributed by atoms with van der Waals surface area (Å²) in [7, 11) is 0. The lowest BCUT2D eigenvalue weighted by Gasteiger charge is -2.38. The van der Waals surface area contributed by atoms with Crippen molar-refractivity contribution in [3.05, 3.63) is 70.7 Å². The van der Waals surface area contributed by atoms with Gasteiger partial charge in [-0.15, -0.1) is 0 Å². The van der Waals surface area contributed by atoms with E-state index in [0.717, 1.165) is 22.0 Å². The maximum Gasteiger partial charge on any atom is 0.270 e. The van der Waals surface area contributed by atoms with E-state index in [1.165, 1.54) is 17.7 Å². The van der Waals surface area contributed by atoms with Gasteiger partial charge in [-0.25, -0.2) is 4.39 Å². The van der Waals surface area contributed by atoms with Crippen molar-refractivity contribution in [2.24, 2.45) is 0 Å². The van der Waals surface area contributed by atoms with Crippen molar-refractivity contribution in [3.63, 3.8) is 0 Å². The molecule has 2 aromatic carbocycles. The summed E-state index contributed by atoms with van der Waals surface area (Å²) in [5.41, 5.74) is 4.74. The third-order valence-electron chi connectivity index (χ3n) is 4.96. The predicted molar refractivity (Wildman–Crippen MR) is 98.7 cm³/mol. The zero-order chi connectivity index (χ0) is 18.3. The van der Waals surface area contributed by atoms with Crippen LogP contribution in [0, 0.1) is 19.7 Å². The fourth-order valence-corrected chi connectivity index (χ4v) is 3.32. The Bertz CT molecular complexity index is 956. The van der Waals surface area contributed by atoms with Crippen LogP contribution in [0.2, 0.25) is 0 Å². The smallest absolute Gasteiger partial charge is 0.270 e. The largest absolute Gasteiger partial charge is 0.370 e. The van der Waals surface area contributed by atoms with Gasteiger partial charge in [0.2, 0.25) is 0 Å². The fraction of sp³-hybridized carbons (Fsp3) is 0.286. The lowest BCUT2D eigenvalue weighted by Crippen LogP contribution is -2.54. The van der Waals surface area contributed by atoms with Gasteiger partial charge in [-0.2, -0.15) is 0 Å². The van der Waals surface area contributed by atoms with Crippen molar-refractivity contribution < 1.29 is 13.9 Å². The quantitative estimate of drug-likeness (QED) is 0.772. The molecular weight excluding hydrogens is 331 g/mol. The van der Waals surface area contributed by atoms with Crippen LogP contribution in [0.5, 0.6) is 0 Å². The van der Waals surface area contributed by atoms with E-state index < -0.39 is 0 Å². The number of benzene rings is 2. The average molecular weight is 352 g/mol. The fourth-order valence-electron chi connectivity index (χ4n) is 3.32. The van der Waals surface area contributed by atoms with Crippen LogP contribution in [0.3, 0.4) is 0 Å². The highest BCUT2D eigenvalue weighted by Gasteiger charge is 2.33. The molecule has 26 heavy (non-hydrogen) atoms. The Kier molecular flexibility index (Phi) is 4.24. The first kappa shape index (κ1) is 16.8. The molecule has 3 aromatic rings. The number of halogens is 1. The molecule has 4 nitrogen and oxygen atoms in total. The van der Waals surface area contributed by atoms with Crippen molar-refractivity contribution in [3.8, 4) is 0 Å². The van der Waals surface area contributed by atoms with Crippen LogP contribution in [-0.2, 0) is 11.3 Å². The Labute approximate surface area is 151 Å². The predicted octanol–water partition coefficient (Wildman–Crippen LogP) is 3.97. The van der Waals surface area contributed by atoms with Crippen LogP contribution in [0.25, 0.3) is 10.9 Å². The van der Waals surface area contributed by atoms with Crippen LogP contribution in [-0.4, -0.2) is 35.0 Å². The summed E-state index contributed by atoms with van der Waals surface area (Å²) in [6.45, 7) is 5.61. The molecule has 0 spiro atoms. The third-order valence-corrected chi connectivity index (χ3v) is 4.96. The average Bonchev–Trinajstić information content (AvgIpc) is 2.91. The topological polar surface area (TPSA) is 45.3 Å². The van der Waals surface area contributed by atoms with Gasteiger partial charge in [-0.1, -0.05) is 23.8 Å². The minimum atomic E-state index is -0.252. The van der Waals surface area contributed by atoms with Gasteiger partial charge in [0.25, 0.3) is 5.91 Å². The van der Waals surface area contributed by atoms with Crippen LogP contribution in [0.15, 0.2) is 42.5 Å². The standard InChI is InChI=1S/C21H21FN2O2/c1-13-3-8-19-18(9-13)14(2)20(23-19)21(25)24-10-17(11-24)26-12-15-4-6-16(22)7-5-15/h3-9,17,23H,10-12H2,1-2H3. The van der Waals surface area contributed by atoms with Crippen LogP contribution in [0.4, 0.5) is 4.39 Å². The number of aromatic amines is 1. The minimum absolute atomic E-state index is 0.0120. The van der Waals surface area contributed by atoms with Gasteiger partial charge in [0.05, 0.1) is 12.7 Å². The highest BCUT2D eigenvalue weighted by Crippen LogP contribution is 2.25. The summed E-state index contributed by atoms with van der Waals surface area (Å²) in [6, 6.07) is 12.4. The van der Waals surface area contributed by atoms with Gasteiger partial charge in [0.1, 0.15) is 11.5 Å². The van der Waals surface area contributed by atoms with E-state index in [9.17, 15) is 9.18 Å². The van der Waals surface area contributed by atoms with Crippen LogP contribution >= 0.6 is 0 Å². The number of ether oxygens (including phenoxy) is 1. The molecule has 1 saturated heterocycles. The summed E-state index contributed by atoms with van der Waals surface area (Å²) in [5, 5.41) is 1.10.